The summed E-state index contributed by atoms with van der Waals surface area (Å²) in [6.45, 7) is 3.82. The van der Waals surface area contributed by atoms with E-state index in [0.717, 1.165) is 24.3 Å². The van der Waals surface area contributed by atoms with E-state index >= 15 is 0 Å². The molecule has 1 N–H and O–H groups in total. The van der Waals surface area contributed by atoms with Crippen LogP contribution in [0, 0.1) is 0 Å². The molecule has 1 aliphatic rings. The van der Waals surface area contributed by atoms with Crippen LogP contribution in [0.25, 0.3) is 0 Å². The Labute approximate surface area is 101 Å². The third-order valence-corrected chi connectivity index (χ3v) is 3.08. The van der Waals surface area contributed by atoms with Gasteiger partial charge in [-0.25, -0.2) is 0 Å². The van der Waals surface area contributed by atoms with Gasteiger partial charge in [0.25, 0.3) is 0 Å². The van der Waals surface area contributed by atoms with E-state index < -0.39 is 5.60 Å². The molecule has 0 amide bonds. The second-order valence-corrected chi connectivity index (χ2v) is 5.02. The molecule has 0 unspecified atom stereocenters. The van der Waals surface area contributed by atoms with Crippen LogP contribution < -0.4 is 4.74 Å². The van der Waals surface area contributed by atoms with E-state index in [4.69, 9.17) is 4.74 Å². The second-order valence-electron chi connectivity index (χ2n) is 5.02. The molecule has 0 spiro atoms. The van der Waals surface area contributed by atoms with Gasteiger partial charge in [0.1, 0.15) is 11.4 Å². The zero-order valence-electron chi connectivity index (χ0n) is 10.3. The number of rotatable bonds is 4. The molecular formula is C14H18O3. The van der Waals surface area contributed by atoms with Crippen LogP contribution in [0.3, 0.4) is 0 Å². The Balaban J connectivity index is 1.98. The Hall–Kier alpha value is -1.35. The molecule has 2 rings (SSSR count). The van der Waals surface area contributed by atoms with Crippen molar-refractivity contribution < 1.29 is 14.6 Å². The molecule has 1 aromatic rings. The topological polar surface area (TPSA) is 46.5 Å². The first-order chi connectivity index (χ1) is 7.97. The average Bonchev–Trinajstić information content (AvgIpc) is 2.71. The standard InChI is InChI=1S/C14H18O3/c1-14(2,16)13(15)6-4-10-3-5-12-11(9-10)7-8-17-12/h3,5,9,16H,4,6-8H2,1-2H3. The fourth-order valence-electron chi connectivity index (χ4n) is 1.96. The monoisotopic (exact) mass is 234 g/mol. The number of carbonyl (C=O) groups is 1. The van der Waals surface area contributed by atoms with E-state index in [1.54, 1.807) is 0 Å². The highest BCUT2D eigenvalue weighted by atomic mass is 16.5. The maximum atomic E-state index is 11.6. The molecule has 0 radical (unpaired) electrons. The van der Waals surface area contributed by atoms with Crippen molar-refractivity contribution in [3.8, 4) is 5.75 Å². The molecule has 1 aliphatic heterocycles. The van der Waals surface area contributed by atoms with Crippen molar-refractivity contribution in [3.05, 3.63) is 29.3 Å². The summed E-state index contributed by atoms with van der Waals surface area (Å²) >= 11 is 0. The number of Topliss-reactive ketones (excluding diaryl/α,β-unsaturated/α-hetero) is 1. The summed E-state index contributed by atoms with van der Waals surface area (Å²) in [7, 11) is 0. The molecule has 0 aromatic heterocycles. The number of ketones is 1. The average molecular weight is 234 g/mol. The Bertz CT molecular complexity index is 430. The lowest BCUT2D eigenvalue weighted by Gasteiger charge is -2.15. The van der Waals surface area contributed by atoms with E-state index in [1.807, 2.05) is 12.1 Å². The molecule has 3 heteroatoms. The first-order valence-electron chi connectivity index (χ1n) is 5.97. The molecule has 0 atom stereocenters. The van der Waals surface area contributed by atoms with Crippen LogP contribution in [0.4, 0.5) is 0 Å². The first kappa shape index (κ1) is 12.1. The molecule has 0 aliphatic carbocycles. The first-order valence-corrected chi connectivity index (χ1v) is 5.97. The van der Waals surface area contributed by atoms with Crippen LogP contribution in [0.2, 0.25) is 0 Å². The van der Waals surface area contributed by atoms with Gasteiger partial charge in [0, 0.05) is 12.8 Å². The zero-order chi connectivity index (χ0) is 12.5. The third kappa shape index (κ3) is 2.86. The highest BCUT2D eigenvalue weighted by Crippen LogP contribution is 2.26. The quantitative estimate of drug-likeness (QED) is 0.865. The number of benzene rings is 1. The van der Waals surface area contributed by atoms with Crippen molar-refractivity contribution in [3.63, 3.8) is 0 Å². The van der Waals surface area contributed by atoms with Gasteiger partial charge in [-0.05, 0) is 37.5 Å². The highest BCUT2D eigenvalue weighted by Gasteiger charge is 2.23. The summed E-state index contributed by atoms with van der Waals surface area (Å²) < 4.78 is 5.43. The van der Waals surface area contributed by atoms with E-state index in [9.17, 15) is 9.90 Å². The van der Waals surface area contributed by atoms with Crippen molar-refractivity contribution in [2.75, 3.05) is 6.61 Å². The summed E-state index contributed by atoms with van der Waals surface area (Å²) in [6.07, 6.45) is 2.00. The Morgan fingerprint density at radius 2 is 2.24 bits per heavy atom. The fraction of sp³-hybridized carbons (Fsp3) is 0.500. The Kier molecular flexibility index (Phi) is 3.20. The van der Waals surface area contributed by atoms with Crippen molar-refractivity contribution >= 4 is 5.78 Å². The van der Waals surface area contributed by atoms with Crippen molar-refractivity contribution in [1.82, 2.24) is 0 Å². The van der Waals surface area contributed by atoms with E-state index in [0.29, 0.717) is 12.8 Å². The van der Waals surface area contributed by atoms with Gasteiger partial charge in [0.05, 0.1) is 6.61 Å². The fourth-order valence-corrected chi connectivity index (χ4v) is 1.96. The van der Waals surface area contributed by atoms with Crippen LogP contribution in [0.1, 0.15) is 31.4 Å². The lowest BCUT2D eigenvalue weighted by atomic mass is 9.96. The maximum Gasteiger partial charge on any atom is 0.164 e. The van der Waals surface area contributed by atoms with Gasteiger partial charge in [-0.1, -0.05) is 12.1 Å². The number of hydrogen-bond acceptors (Lipinski definition) is 3. The summed E-state index contributed by atoms with van der Waals surface area (Å²) in [5.41, 5.74) is 1.13. The minimum absolute atomic E-state index is 0.116. The summed E-state index contributed by atoms with van der Waals surface area (Å²) in [6, 6.07) is 6.05. The molecule has 0 bridgehead atoms. The zero-order valence-corrected chi connectivity index (χ0v) is 10.3. The molecule has 3 nitrogen and oxygen atoms in total. The number of ether oxygens (including phenoxy) is 1. The molecule has 1 heterocycles. The summed E-state index contributed by atoms with van der Waals surface area (Å²) in [4.78, 5) is 11.6. The Morgan fingerprint density at radius 3 is 2.94 bits per heavy atom. The van der Waals surface area contributed by atoms with Gasteiger partial charge >= 0.3 is 0 Å². The van der Waals surface area contributed by atoms with Gasteiger partial charge in [-0.2, -0.15) is 0 Å². The Morgan fingerprint density at radius 1 is 1.47 bits per heavy atom. The number of hydrogen-bond donors (Lipinski definition) is 1. The van der Waals surface area contributed by atoms with Gasteiger partial charge in [-0.15, -0.1) is 0 Å². The summed E-state index contributed by atoms with van der Waals surface area (Å²) in [5, 5.41) is 9.55. The number of aryl methyl sites for hydroxylation is 1. The van der Waals surface area contributed by atoms with Crippen molar-refractivity contribution in [2.45, 2.75) is 38.7 Å². The predicted octanol–water partition coefficient (Wildman–Crippen LogP) is 1.89. The molecule has 92 valence electrons. The van der Waals surface area contributed by atoms with Gasteiger partial charge < -0.3 is 9.84 Å². The maximum absolute atomic E-state index is 11.6. The van der Waals surface area contributed by atoms with E-state index in [1.165, 1.54) is 19.4 Å². The molecule has 1 aromatic carbocycles. The molecule has 0 saturated heterocycles. The third-order valence-electron chi connectivity index (χ3n) is 3.08. The highest BCUT2D eigenvalue weighted by molar-refractivity contribution is 5.86. The van der Waals surface area contributed by atoms with Crippen molar-refractivity contribution in [2.24, 2.45) is 0 Å². The second kappa shape index (κ2) is 4.49. The van der Waals surface area contributed by atoms with Gasteiger partial charge in [0.2, 0.25) is 0 Å². The number of fused-ring (bicyclic) bond motifs is 1. The number of aliphatic hydroxyl groups is 1. The number of carbonyl (C=O) groups excluding carboxylic acids is 1. The van der Waals surface area contributed by atoms with Crippen LogP contribution in [-0.4, -0.2) is 23.1 Å². The lowest BCUT2D eigenvalue weighted by molar-refractivity contribution is -0.134. The van der Waals surface area contributed by atoms with E-state index in [2.05, 4.69) is 6.07 Å². The lowest BCUT2D eigenvalue weighted by Crippen LogP contribution is -2.31. The molecular weight excluding hydrogens is 216 g/mol. The van der Waals surface area contributed by atoms with Crippen LogP contribution >= 0.6 is 0 Å². The van der Waals surface area contributed by atoms with Gasteiger partial charge in [-0.3, -0.25) is 4.79 Å². The van der Waals surface area contributed by atoms with Crippen LogP contribution in [-0.2, 0) is 17.6 Å². The van der Waals surface area contributed by atoms with Crippen LogP contribution in [0.5, 0.6) is 5.75 Å². The minimum atomic E-state index is -1.22. The van der Waals surface area contributed by atoms with Crippen LogP contribution in [0.15, 0.2) is 18.2 Å². The normalized spacial score (nSPS) is 14.3. The molecule has 0 saturated carbocycles. The predicted molar refractivity (Wildman–Crippen MR) is 65.3 cm³/mol. The van der Waals surface area contributed by atoms with Crippen molar-refractivity contribution in [1.29, 1.82) is 0 Å². The van der Waals surface area contributed by atoms with E-state index in [-0.39, 0.29) is 5.78 Å². The molecule has 0 fully saturated rings. The minimum Gasteiger partial charge on any atom is -0.493 e. The summed E-state index contributed by atoms with van der Waals surface area (Å²) in [5.74, 6) is 0.844. The van der Waals surface area contributed by atoms with Gasteiger partial charge in [0.15, 0.2) is 5.78 Å². The molecule has 17 heavy (non-hydrogen) atoms. The largest absolute Gasteiger partial charge is 0.493 e. The smallest absolute Gasteiger partial charge is 0.164 e. The SMILES string of the molecule is CC(C)(O)C(=O)CCc1ccc2c(c1)CCO2.